The summed E-state index contributed by atoms with van der Waals surface area (Å²) >= 11 is 0. The monoisotopic (exact) mass is 284 g/mol. The maximum Gasteiger partial charge on any atom is 0.335 e. The minimum atomic E-state index is -0.840. The Hall–Kier alpha value is -1.57. The SMILES string of the molecule is C=CC1CC[C@@H]2CC(c3ccc(C(=O)O)cc3)CC[C@H]2C1. The smallest absolute Gasteiger partial charge is 0.335 e. The number of rotatable bonds is 3. The van der Waals surface area contributed by atoms with Gasteiger partial charge in [0.1, 0.15) is 0 Å². The van der Waals surface area contributed by atoms with E-state index in [0.29, 0.717) is 11.5 Å². The van der Waals surface area contributed by atoms with Gasteiger partial charge in [-0.25, -0.2) is 4.79 Å². The summed E-state index contributed by atoms with van der Waals surface area (Å²) in [6, 6.07) is 7.53. The van der Waals surface area contributed by atoms with Crippen LogP contribution in [0.25, 0.3) is 0 Å². The highest BCUT2D eigenvalue weighted by molar-refractivity contribution is 5.87. The zero-order chi connectivity index (χ0) is 14.8. The molecular formula is C19H24O2. The van der Waals surface area contributed by atoms with Crippen LogP contribution in [-0.2, 0) is 0 Å². The number of carboxylic acids is 1. The van der Waals surface area contributed by atoms with Crippen molar-refractivity contribution in [2.75, 3.05) is 0 Å². The van der Waals surface area contributed by atoms with Gasteiger partial charge in [0.25, 0.3) is 0 Å². The Balaban J connectivity index is 1.66. The molecule has 1 aromatic carbocycles. The largest absolute Gasteiger partial charge is 0.478 e. The molecule has 2 aliphatic carbocycles. The van der Waals surface area contributed by atoms with Crippen molar-refractivity contribution in [3.63, 3.8) is 0 Å². The molecule has 0 radical (unpaired) electrons. The lowest BCUT2D eigenvalue weighted by Crippen LogP contribution is -2.29. The molecule has 2 saturated carbocycles. The van der Waals surface area contributed by atoms with Crippen LogP contribution in [0.15, 0.2) is 36.9 Å². The molecule has 0 spiro atoms. The third-order valence-electron chi connectivity index (χ3n) is 5.62. The highest BCUT2D eigenvalue weighted by atomic mass is 16.4. The third-order valence-corrected chi connectivity index (χ3v) is 5.62. The normalized spacial score (nSPS) is 32.2. The summed E-state index contributed by atoms with van der Waals surface area (Å²) in [6.07, 6.45) is 9.96. The van der Waals surface area contributed by atoms with E-state index in [0.717, 1.165) is 17.8 Å². The molecular weight excluding hydrogens is 260 g/mol. The zero-order valence-electron chi connectivity index (χ0n) is 12.5. The Labute approximate surface area is 126 Å². The van der Waals surface area contributed by atoms with Gasteiger partial charge in [0.2, 0.25) is 0 Å². The quantitative estimate of drug-likeness (QED) is 0.804. The van der Waals surface area contributed by atoms with E-state index in [1.165, 1.54) is 44.1 Å². The van der Waals surface area contributed by atoms with Crippen LogP contribution < -0.4 is 0 Å². The molecule has 0 bridgehead atoms. The molecule has 2 heteroatoms. The van der Waals surface area contributed by atoms with Crippen LogP contribution in [0.3, 0.4) is 0 Å². The van der Waals surface area contributed by atoms with Crippen molar-refractivity contribution in [3.05, 3.63) is 48.0 Å². The second-order valence-corrected chi connectivity index (χ2v) is 6.77. The summed E-state index contributed by atoms with van der Waals surface area (Å²) in [5.41, 5.74) is 1.71. The van der Waals surface area contributed by atoms with Gasteiger partial charge >= 0.3 is 5.97 Å². The van der Waals surface area contributed by atoms with Crippen LogP contribution >= 0.6 is 0 Å². The Morgan fingerprint density at radius 3 is 2.38 bits per heavy atom. The lowest BCUT2D eigenvalue weighted by atomic mass is 9.64. The Bertz CT molecular complexity index is 517. The van der Waals surface area contributed by atoms with Crippen LogP contribution in [0.2, 0.25) is 0 Å². The fourth-order valence-corrected chi connectivity index (χ4v) is 4.34. The van der Waals surface area contributed by atoms with Gasteiger partial charge in [0, 0.05) is 0 Å². The van der Waals surface area contributed by atoms with Crippen molar-refractivity contribution >= 4 is 5.97 Å². The number of carbonyl (C=O) groups is 1. The molecule has 2 fully saturated rings. The van der Waals surface area contributed by atoms with Gasteiger partial charge in [-0.05, 0) is 79.9 Å². The zero-order valence-corrected chi connectivity index (χ0v) is 12.5. The van der Waals surface area contributed by atoms with Gasteiger partial charge in [-0.3, -0.25) is 0 Å². The van der Waals surface area contributed by atoms with E-state index in [-0.39, 0.29) is 0 Å². The fraction of sp³-hybridized carbons (Fsp3) is 0.526. The second-order valence-electron chi connectivity index (χ2n) is 6.77. The van der Waals surface area contributed by atoms with Crippen molar-refractivity contribution in [2.45, 2.75) is 44.4 Å². The Morgan fingerprint density at radius 2 is 1.71 bits per heavy atom. The lowest BCUT2D eigenvalue weighted by Gasteiger charge is -2.41. The number of aromatic carboxylic acids is 1. The number of fused-ring (bicyclic) bond motifs is 1. The molecule has 2 aliphatic rings. The Morgan fingerprint density at radius 1 is 1.05 bits per heavy atom. The maximum absolute atomic E-state index is 10.9. The molecule has 0 amide bonds. The first-order valence-electron chi connectivity index (χ1n) is 8.13. The molecule has 0 aromatic heterocycles. The average Bonchev–Trinajstić information content (AvgIpc) is 2.54. The molecule has 1 N–H and O–H groups in total. The van der Waals surface area contributed by atoms with Crippen LogP contribution in [0.4, 0.5) is 0 Å². The first-order chi connectivity index (χ1) is 10.2. The first-order valence-corrected chi connectivity index (χ1v) is 8.13. The van der Waals surface area contributed by atoms with Gasteiger partial charge in [0.05, 0.1) is 5.56 Å². The van der Waals surface area contributed by atoms with E-state index in [2.05, 4.69) is 12.7 Å². The van der Waals surface area contributed by atoms with Crippen molar-refractivity contribution in [1.82, 2.24) is 0 Å². The van der Waals surface area contributed by atoms with E-state index in [4.69, 9.17) is 5.11 Å². The summed E-state index contributed by atoms with van der Waals surface area (Å²) in [7, 11) is 0. The number of hydrogen-bond donors (Lipinski definition) is 1. The molecule has 21 heavy (non-hydrogen) atoms. The van der Waals surface area contributed by atoms with Gasteiger partial charge in [0.15, 0.2) is 0 Å². The van der Waals surface area contributed by atoms with Crippen molar-refractivity contribution in [3.8, 4) is 0 Å². The minimum Gasteiger partial charge on any atom is -0.478 e. The van der Waals surface area contributed by atoms with E-state index < -0.39 is 5.97 Å². The van der Waals surface area contributed by atoms with Crippen LogP contribution in [0, 0.1) is 17.8 Å². The van der Waals surface area contributed by atoms with E-state index in [1.807, 2.05) is 12.1 Å². The topological polar surface area (TPSA) is 37.3 Å². The number of carboxylic acid groups (broad SMARTS) is 1. The van der Waals surface area contributed by atoms with Crippen LogP contribution in [0.5, 0.6) is 0 Å². The molecule has 4 atom stereocenters. The predicted octanol–water partition coefficient (Wildman–Crippen LogP) is 4.87. The van der Waals surface area contributed by atoms with Crippen LogP contribution in [0.1, 0.15) is 60.4 Å². The standard InChI is InChI=1S/C19H24O2/c1-2-13-3-4-18-12-17(10-9-16(18)11-13)14-5-7-15(8-6-14)19(20)21/h2,5-8,13,16-18H,1,3-4,9-12H2,(H,20,21)/t13?,16-,17?,18+/m0/s1. The molecule has 2 nitrogen and oxygen atoms in total. The number of hydrogen-bond acceptors (Lipinski definition) is 1. The van der Waals surface area contributed by atoms with Gasteiger partial charge in [-0.1, -0.05) is 18.2 Å². The highest BCUT2D eigenvalue weighted by Gasteiger charge is 2.35. The molecule has 3 rings (SSSR count). The maximum atomic E-state index is 10.9. The Kier molecular flexibility index (Phi) is 4.14. The summed E-state index contributed by atoms with van der Waals surface area (Å²) in [4.78, 5) is 10.9. The first kappa shape index (κ1) is 14.4. The van der Waals surface area contributed by atoms with E-state index >= 15 is 0 Å². The molecule has 0 aliphatic heterocycles. The molecule has 0 saturated heterocycles. The summed E-state index contributed by atoms with van der Waals surface area (Å²) in [5, 5.41) is 8.98. The molecule has 112 valence electrons. The third kappa shape index (κ3) is 3.04. The van der Waals surface area contributed by atoms with Gasteiger partial charge in [-0.2, -0.15) is 0 Å². The lowest BCUT2D eigenvalue weighted by molar-refractivity contribution is 0.0697. The van der Waals surface area contributed by atoms with E-state index in [9.17, 15) is 4.79 Å². The average molecular weight is 284 g/mol. The summed E-state index contributed by atoms with van der Waals surface area (Å²) < 4.78 is 0. The fourth-order valence-electron chi connectivity index (χ4n) is 4.34. The highest BCUT2D eigenvalue weighted by Crippen LogP contribution is 2.47. The van der Waals surface area contributed by atoms with Gasteiger partial charge in [-0.15, -0.1) is 6.58 Å². The second kappa shape index (κ2) is 6.05. The van der Waals surface area contributed by atoms with Crippen LogP contribution in [-0.4, -0.2) is 11.1 Å². The van der Waals surface area contributed by atoms with Crippen molar-refractivity contribution < 1.29 is 9.90 Å². The summed E-state index contributed by atoms with van der Waals surface area (Å²) in [5.74, 6) is 2.26. The molecule has 1 aromatic rings. The molecule has 0 heterocycles. The van der Waals surface area contributed by atoms with Gasteiger partial charge < -0.3 is 5.11 Å². The number of benzene rings is 1. The van der Waals surface area contributed by atoms with Crippen molar-refractivity contribution in [2.24, 2.45) is 17.8 Å². The number of allylic oxidation sites excluding steroid dienone is 1. The minimum absolute atomic E-state index is 0.388. The van der Waals surface area contributed by atoms with Crippen molar-refractivity contribution in [1.29, 1.82) is 0 Å². The summed E-state index contributed by atoms with van der Waals surface area (Å²) in [6.45, 7) is 3.96. The molecule has 2 unspecified atom stereocenters. The van der Waals surface area contributed by atoms with E-state index in [1.54, 1.807) is 12.1 Å². The predicted molar refractivity (Wildman–Crippen MR) is 84.5 cm³/mol.